The number of carbonyl (C=O) groups excluding carboxylic acids is 2. The Hall–Kier alpha value is -1.57. The van der Waals surface area contributed by atoms with Gasteiger partial charge in [-0.3, -0.25) is 4.79 Å². The highest BCUT2D eigenvalue weighted by Crippen LogP contribution is 2.11. The van der Waals surface area contributed by atoms with Crippen LogP contribution >= 0.6 is 0 Å². The third-order valence-corrected chi connectivity index (χ3v) is 2.72. The monoisotopic (exact) mass is 349 g/mol. The van der Waals surface area contributed by atoms with E-state index in [0.717, 1.165) is 11.7 Å². The maximum absolute atomic E-state index is 11.9. The Balaban J connectivity index is 4.99. The summed E-state index contributed by atoms with van der Waals surface area (Å²) >= 11 is 0. The van der Waals surface area contributed by atoms with Crippen molar-refractivity contribution in [2.45, 2.75) is 65.2 Å². The summed E-state index contributed by atoms with van der Waals surface area (Å²) in [5, 5.41) is 3.38. The molecule has 134 valence electrons. The van der Waals surface area contributed by atoms with E-state index in [1.165, 1.54) is 6.08 Å². The average molecular weight is 349 g/mol. The molecule has 0 aromatic carbocycles. The molecule has 0 unspecified atom stereocenters. The predicted octanol–water partition coefficient (Wildman–Crippen LogP) is 2.17. The molecule has 0 aliphatic carbocycles. The zero-order valence-electron chi connectivity index (χ0n) is 14.8. The molecule has 0 aromatic rings. The highest BCUT2D eigenvalue weighted by molar-refractivity contribution is 7.93. The SMILES string of the molecule is CC(C)(C)OC(=O)C[C@@H](/C=C/S(C)(=O)=O)NC(=O)OC(C)(C)C. The Morgan fingerprint density at radius 1 is 1.04 bits per heavy atom. The molecule has 0 fully saturated rings. The van der Waals surface area contributed by atoms with Gasteiger partial charge in [0.25, 0.3) is 0 Å². The average Bonchev–Trinajstić information content (AvgIpc) is 2.18. The molecule has 23 heavy (non-hydrogen) atoms. The fourth-order valence-electron chi connectivity index (χ4n) is 1.43. The predicted molar refractivity (Wildman–Crippen MR) is 87.6 cm³/mol. The largest absolute Gasteiger partial charge is 0.460 e. The Kier molecular flexibility index (Phi) is 7.27. The lowest BCUT2D eigenvalue weighted by atomic mass is 10.1. The molecule has 1 N–H and O–H groups in total. The van der Waals surface area contributed by atoms with Crippen molar-refractivity contribution in [2.75, 3.05) is 6.26 Å². The number of alkyl carbamates (subject to hydrolysis) is 1. The van der Waals surface area contributed by atoms with Gasteiger partial charge in [0.05, 0.1) is 12.5 Å². The van der Waals surface area contributed by atoms with Crippen molar-refractivity contribution in [3.8, 4) is 0 Å². The number of esters is 1. The van der Waals surface area contributed by atoms with Gasteiger partial charge in [-0.05, 0) is 41.5 Å². The fraction of sp³-hybridized carbons (Fsp3) is 0.733. The van der Waals surface area contributed by atoms with E-state index in [1.807, 2.05) is 0 Å². The van der Waals surface area contributed by atoms with Crippen molar-refractivity contribution in [1.82, 2.24) is 5.32 Å². The molecule has 0 saturated carbocycles. The summed E-state index contributed by atoms with van der Waals surface area (Å²) in [5.41, 5.74) is -1.38. The number of nitrogens with one attached hydrogen (secondary N) is 1. The maximum atomic E-state index is 11.9. The van der Waals surface area contributed by atoms with Crippen molar-refractivity contribution in [1.29, 1.82) is 0 Å². The minimum Gasteiger partial charge on any atom is -0.460 e. The van der Waals surface area contributed by atoms with Crippen LogP contribution in [0.4, 0.5) is 4.79 Å². The lowest BCUT2D eigenvalue weighted by Gasteiger charge is -2.23. The van der Waals surface area contributed by atoms with E-state index in [0.29, 0.717) is 0 Å². The Morgan fingerprint density at radius 3 is 1.91 bits per heavy atom. The first-order valence-corrected chi connectivity index (χ1v) is 9.12. The van der Waals surface area contributed by atoms with Crippen LogP contribution in [-0.4, -0.2) is 44.0 Å². The molecule has 0 aliphatic rings. The van der Waals surface area contributed by atoms with E-state index in [-0.39, 0.29) is 6.42 Å². The summed E-state index contributed by atoms with van der Waals surface area (Å²) in [5.74, 6) is -0.559. The molecule has 0 aliphatic heterocycles. The molecular formula is C15H27NO6S. The van der Waals surface area contributed by atoms with Gasteiger partial charge in [0.1, 0.15) is 11.2 Å². The highest BCUT2D eigenvalue weighted by Gasteiger charge is 2.23. The summed E-state index contributed by atoms with van der Waals surface area (Å²) in [6.07, 6.45) is 1.29. The molecule has 1 atom stereocenters. The minimum atomic E-state index is -3.39. The van der Waals surface area contributed by atoms with Gasteiger partial charge in [-0.25, -0.2) is 13.2 Å². The number of hydrogen-bond acceptors (Lipinski definition) is 6. The Morgan fingerprint density at radius 2 is 1.52 bits per heavy atom. The van der Waals surface area contributed by atoms with Gasteiger partial charge in [0.15, 0.2) is 9.84 Å². The van der Waals surface area contributed by atoms with Crippen LogP contribution in [0, 0.1) is 0 Å². The highest BCUT2D eigenvalue weighted by atomic mass is 32.2. The lowest BCUT2D eigenvalue weighted by molar-refractivity contribution is -0.155. The van der Waals surface area contributed by atoms with Crippen molar-refractivity contribution in [2.24, 2.45) is 0 Å². The lowest BCUT2D eigenvalue weighted by Crippen LogP contribution is -2.40. The summed E-state index contributed by atoms with van der Waals surface area (Å²) in [6, 6.07) is -0.852. The van der Waals surface area contributed by atoms with Crippen LogP contribution in [0.15, 0.2) is 11.5 Å². The first kappa shape index (κ1) is 21.4. The number of sulfone groups is 1. The fourth-order valence-corrected chi connectivity index (χ4v) is 1.90. The smallest absolute Gasteiger partial charge is 0.408 e. The molecule has 0 radical (unpaired) electrons. The zero-order chi connectivity index (χ0) is 18.5. The second kappa shape index (κ2) is 7.81. The molecule has 0 saturated heterocycles. The van der Waals surface area contributed by atoms with Crippen LogP contribution in [-0.2, 0) is 24.1 Å². The molecule has 7 nitrogen and oxygen atoms in total. The third-order valence-electron chi connectivity index (χ3n) is 2.07. The topological polar surface area (TPSA) is 98.8 Å². The number of carbonyl (C=O) groups is 2. The first-order chi connectivity index (χ1) is 10.1. The summed E-state index contributed by atoms with van der Waals surface area (Å²) < 4.78 is 32.7. The number of hydrogen-bond donors (Lipinski definition) is 1. The zero-order valence-corrected chi connectivity index (χ0v) is 15.6. The van der Waals surface area contributed by atoms with Crippen molar-refractivity contribution < 1.29 is 27.5 Å². The molecule has 0 spiro atoms. The van der Waals surface area contributed by atoms with Crippen LogP contribution in [0.25, 0.3) is 0 Å². The van der Waals surface area contributed by atoms with Crippen molar-refractivity contribution >= 4 is 21.9 Å². The number of amides is 1. The standard InChI is InChI=1S/C15H27NO6S/c1-14(2,3)21-12(17)10-11(8-9-23(7,19)20)16-13(18)22-15(4,5)6/h8-9,11H,10H2,1-7H3,(H,16,18)/b9-8+/t11-/m1/s1. The van der Waals surface area contributed by atoms with Crippen LogP contribution in [0.5, 0.6) is 0 Å². The third kappa shape index (κ3) is 13.8. The molecule has 1 amide bonds. The first-order valence-electron chi connectivity index (χ1n) is 7.17. The molecule has 0 bridgehead atoms. The van der Waals surface area contributed by atoms with Gasteiger partial charge in [0, 0.05) is 11.7 Å². The van der Waals surface area contributed by atoms with E-state index >= 15 is 0 Å². The van der Waals surface area contributed by atoms with Crippen LogP contribution < -0.4 is 5.32 Å². The van der Waals surface area contributed by atoms with E-state index in [9.17, 15) is 18.0 Å². The van der Waals surface area contributed by atoms with Gasteiger partial charge in [-0.15, -0.1) is 0 Å². The van der Waals surface area contributed by atoms with Gasteiger partial charge in [-0.2, -0.15) is 0 Å². The van der Waals surface area contributed by atoms with E-state index in [4.69, 9.17) is 9.47 Å². The summed E-state index contributed by atoms with van der Waals surface area (Å²) in [7, 11) is -3.39. The van der Waals surface area contributed by atoms with Gasteiger partial charge in [0.2, 0.25) is 0 Å². The summed E-state index contributed by atoms with van der Waals surface area (Å²) in [6.45, 7) is 10.2. The molecule has 8 heteroatoms. The van der Waals surface area contributed by atoms with Crippen LogP contribution in [0.2, 0.25) is 0 Å². The minimum absolute atomic E-state index is 0.206. The van der Waals surface area contributed by atoms with Crippen molar-refractivity contribution in [3.05, 3.63) is 11.5 Å². The number of rotatable bonds is 5. The van der Waals surface area contributed by atoms with Gasteiger partial charge < -0.3 is 14.8 Å². The van der Waals surface area contributed by atoms with E-state index in [1.54, 1.807) is 41.5 Å². The molecule has 0 rings (SSSR count). The van der Waals surface area contributed by atoms with Crippen LogP contribution in [0.1, 0.15) is 48.0 Å². The summed E-state index contributed by atoms with van der Waals surface area (Å²) in [4.78, 5) is 23.7. The molecule has 0 aromatic heterocycles. The van der Waals surface area contributed by atoms with Crippen molar-refractivity contribution in [3.63, 3.8) is 0 Å². The second-order valence-electron chi connectivity index (χ2n) is 7.20. The number of ether oxygens (including phenoxy) is 2. The Bertz CT molecular complexity index is 521. The second-order valence-corrected chi connectivity index (χ2v) is 9.13. The Labute approximate surface area is 138 Å². The molecule has 0 heterocycles. The van der Waals surface area contributed by atoms with Crippen LogP contribution in [0.3, 0.4) is 0 Å². The molecular weight excluding hydrogens is 322 g/mol. The quantitative estimate of drug-likeness (QED) is 0.764. The van der Waals surface area contributed by atoms with Gasteiger partial charge in [-0.1, -0.05) is 6.08 Å². The maximum Gasteiger partial charge on any atom is 0.408 e. The van der Waals surface area contributed by atoms with Gasteiger partial charge >= 0.3 is 12.1 Å². The van der Waals surface area contributed by atoms with E-state index in [2.05, 4.69) is 5.32 Å². The van der Waals surface area contributed by atoms with E-state index < -0.39 is 39.1 Å². The normalized spacial score (nSPS) is 14.4.